The number of hydrogen-bond donors (Lipinski definition) is 2. The fourth-order valence-corrected chi connectivity index (χ4v) is 2.64. The van der Waals surface area contributed by atoms with E-state index in [4.69, 9.17) is 5.73 Å². The summed E-state index contributed by atoms with van der Waals surface area (Å²) in [7, 11) is 0. The van der Waals surface area contributed by atoms with Gasteiger partial charge in [-0.15, -0.1) is 0 Å². The van der Waals surface area contributed by atoms with E-state index in [-0.39, 0.29) is 0 Å². The lowest BCUT2D eigenvalue weighted by atomic mass is 10.0. The van der Waals surface area contributed by atoms with Crippen LogP contribution in [0.2, 0.25) is 0 Å². The lowest BCUT2D eigenvalue weighted by molar-refractivity contribution is -0.157. The van der Waals surface area contributed by atoms with Crippen LogP contribution >= 0.6 is 0 Å². The third kappa shape index (κ3) is 15.3. The van der Waals surface area contributed by atoms with Crippen molar-refractivity contribution in [1.82, 2.24) is 0 Å². The van der Waals surface area contributed by atoms with Crippen LogP contribution in [0.4, 0.5) is 8.78 Å². The molecule has 0 aliphatic heterocycles. The topological polar surface area (TPSA) is 72.6 Å². The highest BCUT2D eigenvalue weighted by Crippen LogP contribution is 2.12. The molecule has 3 N–H and O–H groups in total. The Kier molecular flexibility index (Phi) is 16.7. The second-order valence-corrected chi connectivity index (χ2v) is 6.84. The fraction of sp³-hybridized carbons (Fsp3) is 0.850. The lowest BCUT2D eigenvalue weighted by Gasteiger charge is -2.15. The summed E-state index contributed by atoms with van der Waals surface area (Å²) in [6.07, 6.45) is 14.2. The first kappa shape index (κ1) is 25.0. The Morgan fingerprint density at radius 2 is 1.50 bits per heavy atom. The van der Waals surface area contributed by atoms with Gasteiger partial charge in [-0.25, -0.2) is 4.79 Å². The van der Waals surface area contributed by atoms with Crippen molar-refractivity contribution < 1.29 is 23.4 Å². The minimum absolute atomic E-state index is 0.423. The smallest absolute Gasteiger partial charge is 0.373 e. The van der Waals surface area contributed by atoms with E-state index >= 15 is 0 Å². The van der Waals surface area contributed by atoms with Crippen LogP contribution in [0.25, 0.3) is 0 Å². The summed E-state index contributed by atoms with van der Waals surface area (Å²) in [5.74, 6) is -1.61. The molecule has 0 saturated carbocycles. The maximum Gasteiger partial charge on any atom is 0.373 e. The summed E-state index contributed by atoms with van der Waals surface area (Å²) in [6.45, 7) is 1.81. The Morgan fingerprint density at radius 3 is 2.00 bits per heavy atom. The highest BCUT2D eigenvalue weighted by atomic mass is 19.3. The third-order valence-corrected chi connectivity index (χ3v) is 4.34. The number of nitrogens with two attached hydrogens (primary N) is 1. The van der Waals surface area contributed by atoms with Crippen molar-refractivity contribution in [2.24, 2.45) is 5.73 Å². The van der Waals surface area contributed by atoms with Crippen LogP contribution in [0.15, 0.2) is 12.2 Å². The molecule has 154 valence electrons. The van der Waals surface area contributed by atoms with Crippen molar-refractivity contribution >= 4 is 5.97 Å². The minimum Gasteiger partial charge on any atom is -0.460 e. The van der Waals surface area contributed by atoms with Gasteiger partial charge in [-0.1, -0.05) is 83.3 Å². The Balaban J connectivity index is 3.49. The number of carbonyl (C=O) groups excluding carboxylic acids is 1. The van der Waals surface area contributed by atoms with E-state index in [2.05, 4.69) is 11.7 Å². The molecule has 0 aromatic heterocycles. The predicted octanol–water partition coefficient (Wildman–Crippen LogP) is 4.74. The zero-order chi connectivity index (χ0) is 19.6. The summed E-state index contributed by atoms with van der Waals surface area (Å²) >= 11 is 0. The number of ether oxygens (including phenoxy) is 1. The molecule has 6 heteroatoms. The normalized spacial score (nSPS) is 14.1. The van der Waals surface area contributed by atoms with Gasteiger partial charge in [0, 0.05) is 0 Å². The van der Waals surface area contributed by atoms with Crippen molar-refractivity contribution in [1.29, 1.82) is 0 Å². The van der Waals surface area contributed by atoms with Crippen molar-refractivity contribution in [3.05, 3.63) is 12.2 Å². The van der Waals surface area contributed by atoms with E-state index in [1.807, 2.05) is 6.08 Å². The predicted molar refractivity (Wildman–Crippen MR) is 101 cm³/mol. The van der Waals surface area contributed by atoms with E-state index in [9.17, 15) is 18.7 Å². The van der Waals surface area contributed by atoms with Gasteiger partial charge < -0.3 is 15.6 Å². The van der Waals surface area contributed by atoms with Gasteiger partial charge >= 0.3 is 12.4 Å². The van der Waals surface area contributed by atoms with Crippen LogP contribution in [-0.4, -0.2) is 36.3 Å². The molecule has 4 nitrogen and oxygen atoms in total. The van der Waals surface area contributed by atoms with Gasteiger partial charge in [0.1, 0.15) is 6.61 Å². The van der Waals surface area contributed by atoms with Gasteiger partial charge in [-0.3, -0.25) is 0 Å². The molecule has 0 aliphatic carbocycles. The van der Waals surface area contributed by atoms with Gasteiger partial charge in [0.15, 0.2) is 0 Å². The van der Waals surface area contributed by atoms with Crippen molar-refractivity contribution in [3.63, 3.8) is 0 Å². The van der Waals surface area contributed by atoms with Gasteiger partial charge in [0.2, 0.25) is 0 Å². The molecule has 2 atom stereocenters. The molecule has 0 amide bonds. The first-order chi connectivity index (χ1) is 12.5. The largest absolute Gasteiger partial charge is 0.460 e. The summed E-state index contributed by atoms with van der Waals surface area (Å²) in [5, 5.41) is 9.76. The Labute approximate surface area is 157 Å². The highest BCUT2D eigenvalue weighted by Gasteiger charge is 2.20. The standard InChI is InChI=1S/C20H37F2NO3/c1-2-3-4-5-6-7-8-9-10-11-12-13-14-15-18(24)17(23)16-26-20(25)19(21)22/h14-15,17-19,24H,2-13,16,23H2,1H3. The lowest BCUT2D eigenvalue weighted by Crippen LogP contribution is -2.39. The van der Waals surface area contributed by atoms with Gasteiger partial charge in [0.05, 0.1) is 12.1 Å². The molecule has 0 fully saturated rings. The van der Waals surface area contributed by atoms with Crippen LogP contribution in [0, 0.1) is 0 Å². The quantitative estimate of drug-likeness (QED) is 0.218. The molecule has 0 spiro atoms. The molecule has 0 heterocycles. The van der Waals surface area contributed by atoms with Crippen LogP contribution in [0.5, 0.6) is 0 Å². The maximum atomic E-state index is 12.0. The Hall–Kier alpha value is -1.01. The first-order valence-electron chi connectivity index (χ1n) is 10.0. The number of aliphatic hydroxyl groups excluding tert-OH is 1. The second kappa shape index (κ2) is 17.4. The van der Waals surface area contributed by atoms with Gasteiger partial charge in [-0.2, -0.15) is 8.78 Å². The second-order valence-electron chi connectivity index (χ2n) is 6.84. The zero-order valence-corrected chi connectivity index (χ0v) is 16.2. The fourth-order valence-electron chi connectivity index (χ4n) is 2.64. The Morgan fingerprint density at radius 1 is 1.00 bits per heavy atom. The summed E-state index contributed by atoms with van der Waals surface area (Å²) < 4.78 is 28.2. The summed E-state index contributed by atoms with van der Waals surface area (Å²) in [5.41, 5.74) is 5.59. The number of unbranched alkanes of at least 4 members (excludes halogenated alkanes) is 11. The third-order valence-electron chi connectivity index (χ3n) is 4.34. The number of esters is 1. The molecule has 0 aromatic carbocycles. The first-order valence-corrected chi connectivity index (χ1v) is 10.0. The number of halogens is 2. The number of allylic oxidation sites excluding steroid dienone is 1. The summed E-state index contributed by atoms with van der Waals surface area (Å²) in [4.78, 5) is 10.6. The average Bonchev–Trinajstić information content (AvgIpc) is 2.62. The van der Waals surface area contributed by atoms with E-state index in [1.54, 1.807) is 0 Å². The SMILES string of the molecule is CCCCCCCCCCCCCC=CC(O)C(N)COC(=O)C(F)F. The molecule has 2 unspecified atom stereocenters. The zero-order valence-electron chi connectivity index (χ0n) is 16.2. The number of carbonyl (C=O) groups is 1. The number of rotatable bonds is 17. The van der Waals surface area contributed by atoms with Gasteiger partial charge in [0.25, 0.3) is 0 Å². The van der Waals surface area contributed by atoms with Crippen LogP contribution in [-0.2, 0) is 9.53 Å². The molecule has 0 aromatic rings. The van der Waals surface area contributed by atoms with Crippen LogP contribution < -0.4 is 5.73 Å². The number of hydrogen-bond acceptors (Lipinski definition) is 4. The summed E-state index contributed by atoms with van der Waals surface area (Å²) in [6, 6.07) is -0.897. The molecular weight excluding hydrogens is 340 g/mol. The Bertz CT molecular complexity index is 365. The van der Waals surface area contributed by atoms with Crippen LogP contribution in [0.3, 0.4) is 0 Å². The molecule has 26 heavy (non-hydrogen) atoms. The molecule has 0 aliphatic rings. The van der Waals surface area contributed by atoms with Gasteiger partial charge in [-0.05, 0) is 12.8 Å². The average molecular weight is 378 g/mol. The maximum absolute atomic E-state index is 12.0. The number of aliphatic hydroxyl groups is 1. The molecule has 0 bridgehead atoms. The van der Waals surface area contributed by atoms with Crippen molar-refractivity contribution in [2.45, 2.75) is 103 Å². The molecule has 0 radical (unpaired) electrons. The molecule has 0 saturated heterocycles. The van der Waals surface area contributed by atoms with Crippen molar-refractivity contribution in [2.75, 3.05) is 6.61 Å². The van der Waals surface area contributed by atoms with E-state index in [0.29, 0.717) is 0 Å². The number of alkyl halides is 2. The van der Waals surface area contributed by atoms with Crippen LogP contribution in [0.1, 0.15) is 84.0 Å². The van der Waals surface area contributed by atoms with Crippen molar-refractivity contribution in [3.8, 4) is 0 Å². The van der Waals surface area contributed by atoms with E-state index in [0.717, 1.165) is 19.3 Å². The van der Waals surface area contributed by atoms with E-state index in [1.165, 1.54) is 63.9 Å². The molecule has 0 rings (SSSR count). The van der Waals surface area contributed by atoms with E-state index < -0.39 is 31.1 Å². The highest BCUT2D eigenvalue weighted by molar-refractivity contribution is 5.72. The monoisotopic (exact) mass is 377 g/mol. The molecular formula is C20H37F2NO3. The minimum atomic E-state index is -3.17.